The van der Waals surface area contributed by atoms with Crippen molar-refractivity contribution in [3.05, 3.63) is 57.6 Å². The highest BCUT2D eigenvalue weighted by atomic mass is 32.2. The second kappa shape index (κ2) is 5.89. The first-order chi connectivity index (χ1) is 10.6. The third-order valence-electron chi connectivity index (χ3n) is 3.09. The standard InChI is InChI=1S/C13H11F2N3O4S/c1-7-6-8(18(19)20)2-5-11(7)23(21,22)17-10-4-3-9(14)13(16)12(10)15/h2-6,17H,16H2,1H3/p+1. The summed E-state index contributed by atoms with van der Waals surface area (Å²) in [6.07, 6.45) is 0. The average Bonchev–Trinajstić information content (AvgIpc) is 2.47. The second-order valence-corrected chi connectivity index (χ2v) is 6.35. The SMILES string of the molecule is Cc1cc([N+](=O)[O-])ccc1S(=O)(=O)Nc1ccc(F)c([NH3+])c1F. The minimum atomic E-state index is -4.20. The number of quaternary nitrogens is 1. The first kappa shape index (κ1) is 16.8. The van der Waals surface area contributed by atoms with Gasteiger partial charge in [0.1, 0.15) is 0 Å². The number of benzene rings is 2. The van der Waals surface area contributed by atoms with E-state index in [-0.39, 0.29) is 16.1 Å². The number of hydrogen-bond acceptors (Lipinski definition) is 4. The fourth-order valence-electron chi connectivity index (χ4n) is 1.92. The van der Waals surface area contributed by atoms with Crippen LogP contribution in [0.2, 0.25) is 0 Å². The molecule has 0 unspecified atom stereocenters. The molecular formula is C13H12F2N3O4S+. The molecule has 0 bridgehead atoms. The van der Waals surface area contributed by atoms with Crippen molar-refractivity contribution in [2.45, 2.75) is 11.8 Å². The van der Waals surface area contributed by atoms with Crippen LogP contribution in [0, 0.1) is 28.7 Å². The predicted molar refractivity (Wildman–Crippen MR) is 77.5 cm³/mol. The van der Waals surface area contributed by atoms with E-state index in [2.05, 4.69) is 5.73 Å². The smallest absolute Gasteiger partial charge is 0.269 e. The zero-order chi connectivity index (χ0) is 17.4. The number of anilines is 1. The topological polar surface area (TPSA) is 117 Å². The minimum Gasteiger partial charge on any atom is -0.320 e. The Morgan fingerprint density at radius 2 is 1.87 bits per heavy atom. The van der Waals surface area contributed by atoms with Crippen molar-refractivity contribution in [2.75, 3.05) is 4.72 Å². The molecule has 0 aromatic heterocycles. The summed E-state index contributed by atoms with van der Waals surface area (Å²) in [5, 5.41) is 10.7. The Bertz CT molecular complexity index is 900. The van der Waals surface area contributed by atoms with Gasteiger partial charge in [0.15, 0.2) is 5.82 Å². The van der Waals surface area contributed by atoms with Gasteiger partial charge in [0.05, 0.1) is 15.5 Å². The molecule has 2 aromatic carbocycles. The van der Waals surface area contributed by atoms with Crippen molar-refractivity contribution < 1.29 is 27.9 Å². The van der Waals surface area contributed by atoms with Gasteiger partial charge >= 0.3 is 0 Å². The highest BCUT2D eigenvalue weighted by Crippen LogP contribution is 2.27. The lowest BCUT2D eigenvalue weighted by atomic mass is 10.2. The number of rotatable bonds is 4. The van der Waals surface area contributed by atoms with E-state index in [4.69, 9.17) is 0 Å². The van der Waals surface area contributed by atoms with E-state index >= 15 is 0 Å². The van der Waals surface area contributed by atoms with Crippen LogP contribution in [0.15, 0.2) is 35.2 Å². The molecule has 0 heterocycles. The van der Waals surface area contributed by atoms with Gasteiger partial charge < -0.3 is 5.73 Å². The lowest BCUT2D eigenvalue weighted by molar-refractivity contribution is -0.385. The maximum Gasteiger partial charge on any atom is 0.269 e. The zero-order valence-corrected chi connectivity index (χ0v) is 12.7. The Morgan fingerprint density at radius 3 is 2.43 bits per heavy atom. The molecule has 0 atom stereocenters. The van der Waals surface area contributed by atoms with Crippen LogP contribution in [0.1, 0.15) is 5.56 Å². The molecule has 23 heavy (non-hydrogen) atoms. The van der Waals surface area contributed by atoms with E-state index in [1.807, 2.05) is 4.72 Å². The van der Waals surface area contributed by atoms with E-state index in [1.54, 1.807) is 0 Å². The minimum absolute atomic E-state index is 0.115. The van der Waals surface area contributed by atoms with E-state index in [0.29, 0.717) is 0 Å². The maximum atomic E-state index is 13.9. The fourth-order valence-corrected chi connectivity index (χ4v) is 3.21. The largest absolute Gasteiger partial charge is 0.320 e. The molecule has 0 saturated heterocycles. The Morgan fingerprint density at radius 1 is 1.22 bits per heavy atom. The van der Waals surface area contributed by atoms with Crippen LogP contribution in [0.3, 0.4) is 0 Å². The third kappa shape index (κ3) is 3.27. The quantitative estimate of drug-likeness (QED) is 0.650. The van der Waals surface area contributed by atoms with Gasteiger partial charge in [0.2, 0.25) is 11.5 Å². The van der Waals surface area contributed by atoms with Crippen molar-refractivity contribution in [3.8, 4) is 0 Å². The number of nitro groups is 1. The highest BCUT2D eigenvalue weighted by Gasteiger charge is 2.23. The Hall–Kier alpha value is -2.59. The van der Waals surface area contributed by atoms with Crippen molar-refractivity contribution in [3.63, 3.8) is 0 Å². The molecule has 0 saturated carbocycles. The van der Waals surface area contributed by atoms with Crippen LogP contribution >= 0.6 is 0 Å². The van der Waals surface area contributed by atoms with Crippen molar-refractivity contribution >= 4 is 27.1 Å². The number of non-ortho nitro benzene ring substituents is 1. The van der Waals surface area contributed by atoms with Crippen molar-refractivity contribution in [1.82, 2.24) is 0 Å². The van der Waals surface area contributed by atoms with Crippen LogP contribution in [-0.4, -0.2) is 13.3 Å². The van der Waals surface area contributed by atoms with Gasteiger partial charge in [-0.05, 0) is 30.7 Å². The molecule has 0 radical (unpaired) electrons. The van der Waals surface area contributed by atoms with Crippen LogP contribution in [0.25, 0.3) is 0 Å². The summed E-state index contributed by atoms with van der Waals surface area (Å²) in [6, 6.07) is 4.96. The molecule has 0 spiro atoms. The van der Waals surface area contributed by atoms with E-state index in [9.17, 15) is 27.3 Å². The molecule has 0 aliphatic heterocycles. The normalized spacial score (nSPS) is 11.3. The molecular weight excluding hydrogens is 332 g/mol. The fraction of sp³-hybridized carbons (Fsp3) is 0.0769. The summed E-state index contributed by atoms with van der Waals surface area (Å²) < 4.78 is 53.6. The van der Waals surface area contributed by atoms with Gasteiger partial charge in [0, 0.05) is 12.1 Å². The van der Waals surface area contributed by atoms with Gasteiger partial charge in [-0.15, -0.1) is 0 Å². The Labute approximate surface area is 129 Å². The second-order valence-electron chi connectivity index (χ2n) is 4.70. The van der Waals surface area contributed by atoms with E-state index in [1.165, 1.54) is 6.92 Å². The monoisotopic (exact) mass is 344 g/mol. The van der Waals surface area contributed by atoms with Crippen LogP contribution in [0.4, 0.5) is 25.8 Å². The Balaban J connectivity index is 2.44. The summed E-state index contributed by atoms with van der Waals surface area (Å²) in [6.45, 7) is 1.37. The zero-order valence-electron chi connectivity index (χ0n) is 11.8. The molecule has 0 amide bonds. The molecule has 7 nitrogen and oxygen atoms in total. The van der Waals surface area contributed by atoms with Crippen molar-refractivity contribution in [1.29, 1.82) is 0 Å². The van der Waals surface area contributed by atoms with Crippen LogP contribution in [-0.2, 0) is 10.0 Å². The lowest BCUT2D eigenvalue weighted by Crippen LogP contribution is -2.43. The summed E-state index contributed by atoms with van der Waals surface area (Å²) >= 11 is 0. The number of nitro benzene ring substituents is 1. The maximum absolute atomic E-state index is 13.9. The molecule has 2 aromatic rings. The number of nitrogens with zero attached hydrogens (tertiary/aromatic N) is 1. The molecule has 10 heteroatoms. The van der Waals surface area contributed by atoms with E-state index in [0.717, 1.165) is 30.3 Å². The van der Waals surface area contributed by atoms with Crippen LogP contribution < -0.4 is 10.5 Å². The highest BCUT2D eigenvalue weighted by molar-refractivity contribution is 7.92. The van der Waals surface area contributed by atoms with Crippen LogP contribution in [0.5, 0.6) is 0 Å². The first-order valence-electron chi connectivity index (χ1n) is 6.21. The summed E-state index contributed by atoms with van der Waals surface area (Å²) in [7, 11) is -4.20. The van der Waals surface area contributed by atoms with Gasteiger partial charge in [-0.3, -0.25) is 14.8 Å². The number of nitrogens with one attached hydrogen (secondary N) is 1. The number of aryl methyl sites for hydroxylation is 1. The number of sulfonamides is 1. The van der Waals surface area contributed by atoms with Gasteiger partial charge in [-0.2, -0.15) is 4.39 Å². The lowest BCUT2D eigenvalue weighted by Gasteiger charge is -2.11. The number of hydrogen-bond donors (Lipinski definition) is 2. The molecule has 0 aliphatic rings. The molecule has 2 rings (SSSR count). The molecule has 0 aliphatic carbocycles. The third-order valence-corrected chi connectivity index (χ3v) is 4.61. The summed E-state index contributed by atoms with van der Waals surface area (Å²) in [5.41, 5.74) is 1.99. The van der Waals surface area contributed by atoms with E-state index < -0.39 is 38.0 Å². The number of halogens is 2. The predicted octanol–water partition coefficient (Wildman–Crippen LogP) is 1.86. The van der Waals surface area contributed by atoms with Gasteiger partial charge in [-0.25, -0.2) is 12.8 Å². The van der Waals surface area contributed by atoms with Crippen molar-refractivity contribution in [2.24, 2.45) is 0 Å². The Kier molecular flexibility index (Phi) is 4.30. The van der Waals surface area contributed by atoms with Gasteiger partial charge in [-0.1, -0.05) is 0 Å². The first-order valence-corrected chi connectivity index (χ1v) is 7.69. The molecule has 122 valence electrons. The summed E-state index contributed by atoms with van der Waals surface area (Å²) in [4.78, 5) is 9.75. The molecule has 0 fully saturated rings. The summed E-state index contributed by atoms with van der Waals surface area (Å²) in [5.74, 6) is -2.04. The van der Waals surface area contributed by atoms with Gasteiger partial charge in [0.25, 0.3) is 15.7 Å². The average molecular weight is 344 g/mol. The molecule has 4 N–H and O–H groups in total.